The van der Waals surface area contributed by atoms with Gasteiger partial charge in [0, 0.05) is 0 Å². The first kappa shape index (κ1) is 13.7. The molecule has 0 bridgehead atoms. The van der Waals surface area contributed by atoms with Gasteiger partial charge in [0.25, 0.3) is 5.91 Å². The zero-order valence-corrected chi connectivity index (χ0v) is 11.0. The molecule has 1 heterocycles. The van der Waals surface area contributed by atoms with Crippen LogP contribution in [-0.4, -0.2) is 23.0 Å². The second-order valence-corrected chi connectivity index (χ2v) is 5.02. The number of carbonyl (C=O) groups is 2. The summed E-state index contributed by atoms with van der Waals surface area (Å²) in [6.45, 7) is 5.56. The molecule has 5 heteroatoms. The number of aryl methyl sites for hydroxylation is 1. The molecule has 94 valence electrons. The van der Waals surface area contributed by atoms with Crippen molar-refractivity contribution in [1.29, 1.82) is 0 Å². The van der Waals surface area contributed by atoms with Crippen LogP contribution in [0.1, 0.15) is 35.5 Å². The average Bonchev–Trinajstić information content (AvgIpc) is 2.70. The van der Waals surface area contributed by atoms with Crippen LogP contribution in [0.4, 0.5) is 0 Å². The number of hydrogen-bond donors (Lipinski definition) is 2. The first-order valence-electron chi connectivity index (χ1n) is 5.55. The first-order valence-corrected chi connectivity index (χ1v) is 6.43. The minimum Gasteiger partial charge on any atom is -0.480 e. The van der Waals surface area contributed by atoms with Gasteiger partial charge in [0.2, 0.25) is 0 Å². The lowest BCUT2D eigenvalue weighted by Gasteiger charge is -2.19. The van der Waals surface area contributed by atoms with Gasteiger partial charge in [-0.25, -0.2) is 4.79 Å². The molecule has 0 saturated heterocycles. The fourth-order valence-electron chi connectivity index (χ4n) is 1.50. The number of carboxylic acids is 1. The Balaban J connectivity index is 2.78. The highest BCUT2D eigenvalue weighted by Crippen LogP contribution is 2.16. The van der Waals surface area contributed by atoms with E-state index in [4.69, 9.17) is 5.11 Å². The minimum absolute atomic E-state index is 0.0864. The minimum atomic E-state index is -0.984. The van der Waals surface area contributed by atoms with Crippen molar-refractivity contribution >= 4 is 23.2 Å². The molecule has 0 fully saturated rings. The molecule has 4 nitrogen and oxygen atoms in total. The number of thiophene rings is 1. The lowest BCUT2D eigenvalue weighted by molar-refractivity contribution is -0.140. The highest BCUT2D eigenvalue weighted by molar-refractivity contribution is 7.12. The van der Waals surface area contributed by atoms with Crippen molar-refractivity contribution in [1.82, 2.24) is 5.32 Å². The van der Waals surface area contributed by atoms with E-state index in [1.165, 1.54) is 11.3 Å². The molecule has 0 radical (unpaired) electrons. The van der Waals surface area contributed by atoms with Crippen LogP contribution in [0.5, 0.6) is 0 Å². The van der Waals surface area contributed by atoms with Gasteiger partial charge in [0.05, 0.1) is 4.88 Å². The van der Waals surface area contributed by atoms with Crippen LogP contribution in [0.2, 0.25) is 0 Å². The third-order valence-electron chi connectivity index (χ3n) is 2.83. The number of amides is 1. The average molecular weight is 255 g/mol. The van der Waals surface area contributed by atoms with Gasteiger partial charge in [-0.1, -0.05) is 20.3 Å². The molecule has 1 rings (SSSR count). The topological polar surface area (TPSA) is 66.4 Å². The molecule has 0 aromatic carbocycles. The van der Waals surface area contributed by atoms with E-state index in [2.05, 4.69) is 5.32 Å². The maximum absolute atomic E-state index is 11.9. The van der Waals surface area contributed by atoms with E-state index in [9.17, 15) is 9.59 Å². The van der Waals surface area contributed by atoms with E-state index in [0.29, 0.717) is 11.3 Å². The summed E-state index contributed by atoms with van der Waals surface area (Å²) in [5, 5.41) is 13.5. The number of hydrogen-bond acceptors (Lipinski definition) is 3. The van der Waals surface area contributed by atoms with Gasteiger partial charge in [-0.3, -0.25) is 4.79 Å². The van der Waals surface area contributed by atoms with Crippen LogP contribution in [0, 0.1) is 12.8 Å². The molecule has 2 atom stereocenters. The Hall–Kier alpha value is -1.36. The molecule has 1 aromatic rings. The number of rotatable bonds is 5. The van der Waals surface area contributed by atoms with Gasteiger partial charge in [0.15, 0.2) is 0 Å². The monoisotopic (exact) mass is 255 g/mol. The van der Waals surface area contributed by atoms with E-state index in [-0.39, 0.29) is 11.8 Å². The smallest absolute Gasteiger partial charge is 0.326 e. The molecular weight excluding hydrogens is 238 g/mol. The quantitative estimate of drug-likeness (QED) is 0.848. The summed E-state index contributed by atoms with van der Waals surface area (Å²) in [5.74, 6) is -1.37. The van der Waals surface area contributed by atoms with Gasteiger partial charge in [-0.05, 0) is 29.9 Å². The molecule has 0 aliphatic heterocycles. The van der Waals surface area contributed by atoms with Crippen molar-refractivity contribution in [3.8, 4) is 0 Å². The SMILES string of the molecule is CCC(C)[C@H](NC(=O)c1sccc1C)C(=O)O. The van der Waals surface area contributed by atoms with Crippen molar-refractivity contribution in [2.45, 2.75) is 33.2 Å². The summed E-state index contributed by atoms with van der Waals surface area (Å²) in [6.07, 6.45) is 0.709. The Morgan fingerprint density at radius 3 is 2.59 bits per heavy atom. The zero-order chi connectivity index (χ0) is 13.0. The van der Waals surface area contributed by atoms with Crippen LogP contribution < -0.4 is 5.32 Å². The Morgan fingerprint density at radius 1 is 1.53 bits per heavy atom. The number of aliphatic carboxylic acids is 1. The van der Waals surface area contributed by atoms with E-state index in [1.54, 1.807) is 0 Å². The summed E-state index contributed by atoms with van der Waals surface area (Å²) >= 11 is 1.33. The fraction of sp³-hybridized carbons (Fsp3) is 0.500. The standard InChI is InChI=1S/C12H17NO3S/c1-4-7(2)9(12(15)16)13-11(14)10-8(3)5-6-17-10/h5-7,9H,4H2,1-3H3,(H,13,14)(H,15,16)/t7?,9-/m0/s1. The van der Waals surface area contributed by atoms with Crippen LogP contribution in [0.25, 0.3) is 0 Å². The van der Waals surface area contributed by atoms with E-state index in [0.717, 1.165) is 5.56 Å². The van der Waals surface area contributed by atoms with Crippen molar-refractivity contribution in [3.63, 3.8) is 0 Å². The maximum Gasteiger partial charge on any atom is 0.326 e. The van der Waals surface area contributed by atoms with Gasteiger partial charge in [-0.15, -0.1) is 11.3 Å². The normalized spacial score (nSPS) is 14.1. The summed E-state index contributed by atoms with van der Waals surface area (Å²) in [4.78, 5) is 23.6. The van der Waals surface area contributed by atoms with Crippen LogP contribution >= 0.6 is 11.3 Å². The molecule has 0 saturated carbocycles. The molecule has 17 heavy (non-hydrogen) atoms. The molecule has 1 aromatic heterocycles. The van der Waals surface area contributed by atoms with Gasteiger partial charge in [-0.2, -0.15) is 0 Å². The fourth-order valence-corrected chi connectivity index (χ4v) is 2.32. The number of carboxylic acid groups (broad SMARTS) is 1. The highest BCUT2D eigenvalue weighted by atomic mass is 32.1. The molecule has 0 spiro atoms. The number of carbonyl (C=O) groups excluding carboxylic acids is 1. The number of nitrogens with one attached hydrogen (secondary N) is 1. The predicted octanol–water partition coefficient (Wildman–Crippen LogP) is 2.29. The van der Waals surface area contributed by atoms with E-state index in [1.807, 2.05) is 32.2 Å². The van der Waals surface area contributed by atoms with Crippen molar-refractivity contribution in [3.05, 3.63) is 21.9 Å². The third-order valence-corrected chi connectivity index (χ3v) is 3.85. The molecule has 1 unspecified atom stereocenters. The largest absolute Gasteiger partial charge is 0.480 e. The second kappa shape index (κ2) is 5.82. The summed E-state index contributed by atoms with van der Waals surface area (Å²) < 4.78 is 0. The molecule has 1 amide bonds. The Bertz CT molecular complexity index is 414. The second-order valence-electron chi connectivity index (χ2n) is 4.11. The molecular formula is C12H17NO3S. The van der Waals surface area contributed by atoms with Crippen molar-refractivity contribution in [2.75, 3.05) is 0 Å². The summed E-state index contributed by atoms with van der Waals surface area (Å²) in [5.41, 5.74) is 0.876. The maximum atomic E-state index is 11.9. The summed E-state index contributed by atoms with van der Waals surface area (Å²) in [6, 6.07) is 1.02. The Morgan fingerprint density at radius 2 is 2.18 bits per heavy atom. The van der Waals surface area contributed by atoms with E-state index < -0.39 is 12.0 Å². The Labute approximate surface area is 105 Å². The Kier molecular flexibility index (Phi) is 4.69. The van der Waals surface area contributed by atoms with Crippen molar-refractivity contribution < 1.29 is 14.7 Å². The lowest BCUT2D eigenvalue weighted by Crippen LogP contribution is -2.44. The predicted molar refractivity (Wildman–Crippen MR) is 67.4 cm³/mol. The highest BCUT2D eigenvalue weighted by Gasteiger charge is 2.26. The van der Waals surface area contributed by atoms with E-state index >= 15 is 0 Å². The third kappa shape index (κ3) is 3.30. The van der Waals surface area contributed by atoms with Gasteiger partial charge >= 0.3 is 5.97 Å². The van der Waals surface area contributed by atoms with Gasteiger partial charge in [0.1, 0.15) is 6.04 Å². The molecule has 0 aliphatic rings. The first-order chi connectivity index (χ1) is 7.97. The van der Waals surface area contributed by atoms with Crippen LogP contribution in [0.15, 0.2) is 11.4 Å². The van der Waals surface area contributed by atoms with Crippen molar-refractivity contribution in [2.24, 2.45) is 5.92 Å². The van der Waals surface area contributed by atoms with Crippen LogP contribution in [0.3, 0.4) is 0 Å². The van der Waals surface area contributed by atoms with Gasteiger partial charge < -0.3 is 10.4 Å². The molecule has 0 aliphatic carbocycles. The summed E-state index contributed by atoms with van der Waals surface area (Å²) in [7, 11) is 0. The van der Waals surface area contributed by atoms with Crippen LogP contribution in [-0.2, 0) is 4.79 Å². The zero-order valence-electron chi connectivity index (χ0n) is 10.2. The molecule has 2 N–H and O–H groups in total. The lowest BCUT2D eigenvalue weighted by atomic mass is 9.99.